The average molecular weight is 325 g/mol. The lowest BCUT2D eigenvalue weighted by atomic mass is 10.1. The molecule has 0 fully saturated rings. The number of carboxylic acid groups (broad SMARTS) is 1. The van der Waals surface area contributed by atoms with Gasteiger partial charge in [-0.25, -0.2) is 0 Å². The predicted octanol–water partition coefficient (Wildman–Crippen LogP) is 5.64. The molecule has 0 heterocycles. The molecule has 0 aliphatic heterocycles. The Bertz CT molecular complexity index is 308. The third kappa shape index (κ3) is 20.9. The molecule has 0 aliphatic rings. The van der Waals surface area contributed by atoms with Crippen LogP contribution in [-0.4, -0.2) is 22.8 Å². The quantitative estimate of drug-likeness (QED) is 0.269. The maximum absolute atomic E-state index is 10.3. The molecule has 0 spiro atoms. The number of carbonyl (C=O) groups is 1. The Morgan fingerprint density at radius 1 is 0.609 bits per heavy atom. The molecule has 2 N–H and O–H groups in total. The molecule has 0 aromatic rings. The highest BCUT2D eigenvalue weighted by molar-refractivity contribution is 5.66. The number of allylic oxidation sites excluding steroid dienone is 4. The first-order chi connectivity index (χ1) is 11.3. The monoisotopic (exact) mass is 324 g/mol. The summed E-state index contributed by atoms with van der Waals surface area (Å²) in [6.45, 7) is 0.313. The van der Waals surface area contributed by atoms with Crippen molar-refractivity contribution in [2.24, 2.45) is 0 Å². The summed E-state index contributed by atoms with van der Waals surface area (Å²) < 4.78 is 0. The van der Waals surface area contributed by atoms with Crippen molar-refractivity contribution in [3.63, 3.8) is 0 Å². The minimum Gasteiger partial charge on any atom is -0.481 e. The second-order valence-electron chi connectivity index (χ2n) is 6.15. The van der Waals surface area contributed by atoms with E-state index in [0.717, 1.165) is 44.9 Å². The molecule has 0 aliphatic carbocycles. The largest absolute Gasteiger partial charge is 0.481 e. The van der Waals surface area contributed by atoms with Gasteiger partial charge in [0.25, 0.3) is 0 Å². The molecule has 0 saturated carbocycles. The lowest BCUT2D eigenvalue weighted by molar-refractivity contribution is -0.137. The molecule has 0 saturated heterocycles. The van der Waals surface area contributed by atoms with Gasteiger partial charge in [-0.1, -0.05) is 43.6 Å². The summed E-state index contributed by atoms with van der Waals surface area (Å²) in [5.74, 6) is -0.689. The second kappa shape index (κ2) is 19.0. The van der Waals surface area contributed by atoms with Crippen LogP contribution in [0.25, 0.3) is 0 Å². The van der Waals surface area contributed by atoms with E-state index in [0.29, 0.717) is 13.0 Å². The number of hydrogen-bond donors (Lipinski definition) is 2. The van der Waals surface area contributed by atoms with Crippen molar-refractivity contribution in [3.05, 3.63) is 24.3 Å². The van der Waals surface area contributed by atoms with Crippen LogP contribution in [0.2, 0.25) is 0 Å². The molecule has 3 nitrogen and oxygen atoms in total. The maximum atomic E-state index is 10.3. The second-order valence-corrected chi connectivity index (χ2v) is 6.15. The fourth-order valence-electron chi connectivity index (χ4n) is 2.44. The van der Waals surface area contributed by atoms with Crippen LogP contribution in [-0.2, 0) is 4.79 Å². The van der Waals surface area contributed by atoms with Gasteiger partial charge in [0.2, 0.25) is 0 Å². The van der Waals surface area contributed by atoms with Crippen LogP contribution < -0.4 is 0 Å². The van der Waals surface area contributed by atoms with Crippen molar-refractivity contribution in [3.8, 4) is 0 Å². The number of aliphatic carboxylic acids is 1. The highest BCUT2D eigenvalue weighted by Crippen LogP contribution is 2.09. The van der Waals surface area contributed by atoms with Gasteiger partial charge in [0.05, 0.1) is 0 Å². The normalized spacial score (nSPS) is 11.7. The molecule has 0 radical (unpaired) electrons. The van der Waals surface area contributed by atoms with Gasteiger partial charge in [0, 0.05) is 13.0 Å². The molecule has 0 unspecified atom stereocenters. The molecular weight excluding hydrogens is 288 g/mol. The zero-order chi connectivity index (χ0) is 17.0. The van der Waals surface area contributed by atoms with E-state index < -0.39 is 5.97 Å². The van der Waals surface area contributed by atoms with Gasteiger partial charge in [0.1, 0.15) is 0 Å². The van der Waals surface area contributed by atoms with Crippen molar-refractivity contribution in [1.29, 1.82) is 0 Å². The van der Waals surface area contributed by atoms with Gasteiger partial charge in [-0.3, -0.25) is 4.79 Å². The summed E-state index contributed by atoms with van der Waals surface area (Å²) in [4.78, 5) is 10.3. The third-order valence-electron chi connectivity index (χ3n) is 3.87. The summed E-state index contributed by atoms with van der Waals surface area (Å²) in [6.07, 6.45) is 24.0. The van der Waals surface area contributed by atoms with Crippen molar-refractivity contribution in [1.82, 2.24) is 0 Å². The van der Waals surface area contributed by atoms with Gasteiger partial charge in [-0.2, -0.15) is 0 Å². The Labute approximate surface area is 142 Å². The minimum absolute atomic E-state index is 0.297. The van der Waals surface area contributed by atoms with Crippen molar-refractivity contribution < 1.29 is 15.0 Å². The van der Waals surface area contributed by atoms with E-state index in [-0.39, 0.29) is 0 Å². The van der Waals surface area contributed by atoms with E-state index in [1.165, 1.54) is 38.5 Å². The zero-order valence-electron chi connectivity index (χ0n) is 14.7. The predicted molar refractivity (Wildman–Crippen MR) is 97.6 cm³/mol. The SMILES string of the molecule is O=C(O)CCCC/C=C\CCCCCCC/C=C\CCCCO. The van der Waals surface area contributed by atoms with Crippen molar-refractivity contribution >= 4 is 5.97 Å². The van der Waals surface area contributed by atoms with Crippen LogP contribution in [0.15, 0.2) is 24.3 Å². The third-order valence-corrected chi connectivity index (χ3v) is 3.87. The lowest BCUT2D eigenvalue weighted by Gasteiger charge is -1.98. The summed E-state index contributed by atoms with van der Waals surface area (Å²) in [5.41, 5.74) is 0. The summed E-state index contributed by atoms with van der Waals surface area (Å²) in [6, 6.07) is 0. The molecule has 23 heavy (non-hydrogen) atoms. The Morgan fingerprint density at radius 2 is 1.00 bits per heavy atom. The first-order valence-electron chi connectivity index (χ1n) is 9.40. The fraction of sp³-hybridized carbons (Fsp3) is 0.750. The Kier molecular flexibility index (Phi) is 18.1. The Hall–Kier alpha value is -1.09. The minimum atomic E-state index is -0.689. The smallest absolute Gasteiger partial charge is 0.303 e. The van der Waals surface area contributed by atoms with E-state index in [2.05, 4.69) is 24.3 Å². The van der Waals surface area contributed by atoms with Crippen molar-refractivity contribution in [2.75, 3.05) is 6.61 Å². The molecule has 0 aromatic heterocycles. The molecule has 134 valence electrons. The number of carboxylic acids is 1. The number of aliphatic hydroxyl groups excluding tert-OH is 1. The summed E-state index contributed by atoms with van der Waals surface area (Å²) in [7, 11) is 0. The van der Waals surface area contributed by atoms with Crippen molar-refractivity contribution in [2.45, 2.75) is 89.9 Å². The van der Waals surface area contributed by atoms with E-state index in [4.69, 9.17) is 10.2 Å². The molecule has 0 rings (SSSR count). The number of hydrogen-bond acceptors (Lipinski definition) is 2. The zero-order valence-corrected chi connectivity index (χ0v) is 14.7. The highest BCUT2D eigenvalue weighted by Gasteiger charge is 1.94. The fourth-order valence-corrected chi connectivity index (χ4v) is 2.44. The molecule has 0 amide bonds. The maximum Gasteiger partial charge on any atom is 0.303 e. The standard InChI is InChI=1S/C20H36O3/c21-19-17-15-13-11-9-7-5-3-1-2-4-6-8-10-12-14-16-18-20(22)23/h8-11,21H,1-7,12-19H2,(H,22,23)/b10-8-,11-9-. The van der Waals surface area contributed by atoms with Crippen LogP contribution >= 0.6 is 0 Å². The highest BCUT2D eigenvalue weighted by atomic mass is 16.4. The topological polar surface area (TPSA) is 57.5 Å². The number of rotatable bonds is 17. The van der Waals surface area contributed by atoms with Crippen LogP contribution in [0, 0.1) is 0 Å². The van der Waals surface area contributed by atoms with E-state index in [1.54, 1.807) is 0 Å². The first kappa shape index (κ1) is 21.9. The van der Waals surface area contributed by atoms with Gasteiger partial charge >= 0.3 is 5.97 Å². The van der Waals surface area contributed by atoms with Crippen LogP contribution in [0.5, 0.6) is 0 Å². The molecular formula is C20H36O3. The molecule has 0 bridgehead atoms. The van der Waals surface area contributed by atoms with Crippen LogP contribution in [0.1, 0.15) is 89.9 Å². The van der Waals surface area contributed by atoms with E-state index in [9.17, 15) is 4.79 Å². The average Bonchev–Trinajstić information content (AvgIpc) is 2.53. The molecule has 3 heteroatoms. The number of aliphatic hydroxyl groups is 1. The van der Waals surface area contributed by atoms with E-state index in [1.807, 2.05) is 0 Å². The van der Waals surface area contributed by atoms with Gasteiger partial charge in [-0.15, -0.1) is 0 Å². The first-order valence-corrected chi connectivity index (χ1v) is 9.40. The summed E-state index contributed by atoms with van der Waals surface area (Å²) in [5, 5.41) is 17.2. The van der Waals surface area contributed by atoms with Gasteiger partial charge in [0.15, 0.2) is 0 Å². The van der Waals surface area contributed by atoms with Crippen LogP contribution in [0.4, 0.5) is 0 Å². The Balaban J connectivity index is 3.14. The number of unbranched alkanes of at least 4 members (excludes halogenated alkanes) is 10. The lowest BCUT2D eigenvalue weighted by Crippen LogP contribution is -1.92. The van der Waals surface area contributed by atoms with Gasteiger partial charge < -0.3 is 10.2 Å². The van der Waals surface area contributed by atoms with E-state index >= 15 is 0 Å². The summed E-state index contributed by atoms with van der Waals surface area (Å²) >= 11 is 0. The van der Waals surface area contributed by atoms with Crippen LogP contribution in [0.3, 0.4) is 0 Å². The Morgan fingerprint density at radius 3 is 1.43 bits per heavy atom. The molecule has 0 aromatic carbocycles. The molecule has 0 atom stereocenters. The van der Waals surface area contributed by atoms with Gasteiger partial charge in [-0.05, 0) is 64.2 Å².